The molecule has 2 fully saturated rings. The summed E-state index contributed by atoms with van der Waals surface area (Å²) in [4.78, 5) is 28.6. The molecule has 1 aromatic rings. The van der Waals surface area contributed by atoms with Gasteiger partial charge < -0.3 is 10.4 Å². The highest BCUT2D eigenvalue weighted by atomic mass is 16.4. The lowest BCUT2D eigenvalue weighted by Gasteiger charge is -2.26. The van der Waals surface area contributed by atoms with E-state index in [2.05, 4.69) is 10.3 Å². The Morgan fingerprint density at radius 3 is 2.48 bits per heavy atom. The number of aliphatic carboxylic acids is 1. The molecule has 0 aromatic carbocycles. The number of carbonyl (C=O) groups excluding carboxylic acids is 1. The lowest BCUT2D eigenvalue weighted by Crippen LogP contribution is -2.41. The molecule has 122 valence electrons. The van der Waals surface area contributed by atoms with Crippen LogP contribution in [-0.2, 0) is 16.1 Å². The van der Waals surface area contributed by atoms with Crippen LogP contribution in [0.15, 0.2) is 35.5 Å². The van der Waals surface area contributed by atoms with E-state index in [0.717, 1.165) is 18.5 Å². The van der Waals surface area contributed by atoms with Gasteiger partial charge in [0.15, 0.2) is 0 Å². The van der Waals surface area contributed by atoms with Crippen LogP contribution in [0.25, 0.3) is 0 Å². The molecule has 0 unspecified atom stereocenters. The molecule has 4 atom stereocenters. The van der Waals surface area contributed by atoms with Gasteiger partial charge in [-0.05, 0) is 50.7 Å². The lowest BCUT2D eigenvalue weighted by atomic mass is 9.78. The van der Waals surface area contributed by atoms with Gasteiger partial charge in [0.25, 0.3) is 0 Å². The molecule has 1 amide bonds. The molecule has 0 spiro atoms. The normalized spacial score (nSPS) is 28.7. The Morgan fingerprint density at radius 2 is 1.91 bits per heavy atom. The summed E-state index contributed by atoms with van der Waals surface area (Å²) in [7, 11) is 0. The number of fused-ring (bicyclic) bond motifs is 2. The van der Waals surface area contributed by atoms with Crippen LogP contribution in [0, 0.1) is 23.7 Å². The van der Waals surface area contributed by atoms with Crippen molar-refractivity contribution < 1.29 is 14.7 Å². The molecule has 23 heavy (non-hydrogen) atoms. The minimum absolute atomic E-state index is 0.0214. The maximum Gasteiger partial charge on any atom is 0.307 e. The Bertz CT molecular complexity index is 649. The summed E-state index contributed by atoms with van der Waals surface area (Å²) in [5.74, 6) is -1.96. The van der Waals surface area contributed by atoms with Crippen molar-refractivity contribution in [2.24, 2.45) is 23.7 Å². The third-order valence-corrected chi connectivity index (χ3v) is 5.18. The Morgan fingerprint density at radius 1 is 1.22 bits per heavy atom. The van der Waals surface area contributed by atoms with Gasteiger partial charge in [-0.25, -0.2) is 0 Å². The average molecular weight is 314 g/mol. The van der Waals surface area contributed by atoms with Crippen LogP contribution in [0.3, 0.4) is 0 Å². The molecule has 2 aliphatic rings. The van der Waals surface area contributed by atoms with Crippen LogP contribution in [0.1, 0.15) is 32.4 Å². The number of aromatic nitrogens is 1. The third kappa shape index (κ3) is 2.76. The number of rotatable bonds is 4. The standard InChI is InChI=1S/C18H22N2O3/c1-10(2)14-12-6-7-13(14)16(18(22)23)15(12)17(21)20-9-11-5-3-4-8-19-11/h3-5,8,12-13,15-16H,6-7,9H2,1-2H3,(H,20,21)(H,22,23)/t12-,13+,15-,16+/m1/s1. The number of pyridine rings is 1. The van der Waals surface area contributed by atoms with Crippen LogP contribution in [-0.4, -0.2) is 22.0 Å². The van der Waals surface area contributed by atoms with Crippen molar-refractivity contribution in [2.45, 2.75) is 33.2 Å². The van der Waals surface area contributed by atoms with Crippen molar-refractivity contribution >= 4 is 11.9 Å². The molecule has 2 aliphatic carbocycles. The van der Waals surface area contributed by atoms with Crippen molar-refractivity contribution in [2.75, 3.05) is 0 Å². The fourth-order valence-corrected chi connectivity index (χ4v) is 4.40. The molecule has 0 saturated heterocycles. The third-order valence-electron chi connectivity index (χ3n) is 5.18. The Kier molecular flexibility index (Phi) is 4.20. The average Bonchev–Trinajstić information content (AvgIpc) is 3.09. The molecule has 1 heterocycles. The van der Waals surface area contributed by atoms with Gasteiger partial charge in [-0.2, -0.15) is 0 Å². The van der Waals surface area contributed by atoms with E-state index in [9.17, 15) is 14.7 Å². The molecule has 2 N–H and O–H groups in total. The molecule has 3 rings (SSSR count). The number of carboxylic acid groups (broad SMARTS) is 1. The fourth-order valence-electron chi connectivity index (χ4n) is 4.40. The second-order valence-corrected chi connectivity index (χ2v) is 6.67. The van der Waals surface area contributed by atoms with E-state index >= 15 is 0 Å². The second-order valence-electron chi connectivity index (χ2n) is 6.67. The van der Waals surface area contributed by atoms with Crippen LogP contribution in [0.5, 0.6) is 0 Å². The first-order valence-electron chi connectivity index (χ1n) is 8.08. The molecule has 5 nitrogen and oxygen atoms in total. The predicted molar refractivity (Wildman–Crippen MR) is 85.3 cm³/mol. The number of amides is 1. The molecule has 2 saturated carbocycles. The van der Waals surface area contributed by atoms with E-state index in [1.165, 1.54) is 11.1 Å². The van der Waals surface area contributed by atoms with Crippen LogP contribution in [0.4, 0.5) is 0 Å². The topological polar surface area (TPSA) is 79.3 Å². The second kappa shape index (κ2) is 6.14. The largest absolute Gasteiger partial charge is 0.481 e. The molecule has 0 aliphatic heterocycles. The zero-order valence-electron chi connectivity index (χ0n) is 13.5. The SMILES string of the molecule is CC(C)=C1[C@H]2CC[C@@H]1[C@H](C(=O)O)[C@@H]2C(=O)NCc1ccccn1. The van der Waals surface area contributed by atoms with Gasteiger partial charge in [-0.15, -0.1) is 0 Å². The summed E-state index contributed by atoms with van der Waals surface area (Å²) < 4.78 is 0. The van der Waals surface area contributed by atoms with Gasteiger partial charge in [0, 0.05) is 6.20 Å². The fraction of sp³-hybridized carbons (Fsp3) is 0.500. The van der Waals surface area contributed by atoms with Crippen LogP contribution < -0.4 is 5.32 Å². The minimum Gasteiger partial charge on any atom is -0.481 e. The predicted octanol–water partition coefficient (Wildman–Crippen LogP) is 2.39. The van der Waals surface area contributed by atoms with E-state index in [-0.39, 0.29) is 17.7 Å². The van der Waals surface area contributed by atoms with E-state index in [4.69, 9.17) is 0 Å². The summed E-state index contributed by atoms with van der Waals surface area (Å²) in [5.41, 5.74) is 3.15. The van der Waals surface area contributed by atoms with Crippen LogP contribution >= 0.6 is 0 Å². The summed E-state index contributed by atoms with van der Waals surface area (Å²) >= 11 is 0. The molecule has 2 bridgehead atoms. The van der Waals surface area contributed by atoms with Gasteiger partial charge in [0.1, 0.15) is 0 Å². The van der Waals surface area contributed by atoms with E-state index in [1.807, 2.05) is 32.0 Å². The quantitative estimate of drug-likeness (QED) is 0.836. The number of nitrogens with one attached hydrogen (secondary N) is 1. The number of hydrogen-bond donors (Lipinski definition) is 2. The maximum absolute atomic E-state index is 12.7. The van der Waals surface area contributed by atoms with Gasteiger partial charge in [0.05, 0.1) is 24.1 Å². The molecule has 5 heteroatoms. The minimum atomic E-state index is -0.853. The van der Waals surface area contributed by atoms with Crippen molar-refractivity contribution in [3.63, 3.8) is 0 Å². The van der Waals surface area contributed by atoms with Gasteiger partial charge in [-0.1, -0.05) is 17.2 Å². The first-order chi connectivity index (χ1) is 11.0. The van der Waals surface area contributed by atoms with Gasteiger partial charge >= 0.3 is 5.97 Å². The Hall–Kier alpha value is -2.17. The zero-order chi connectivity index (χ0) is 16.6. The number of carboxylic acids is 1. The highest BCUT2D eigenvalue weighted by molar-refractivity contribution is 5.87. The molecular formula is C18H22N2O3. The summed E-state index contributed by atoms with van der Waals surface area (Å²) in [6.45, 7) is 4.38. The van der Waals surface area contributed by atoms with Crippen molar-refractivity contribution in [3.8, 4) is 0 Å². The molecular weight excluding hydrogens is 292 g/mol. The summed E-state index contributed by atoms with van der Waals surface area (Å²) in [6.07, 6.45) is 3.48. The van der Waals surface area contributed by atoms with E-state index < -0.39 is 17.8 Å². The molecule has 0 radical (unpaired) electrons. The van der Waals surface area contributed by atoms with Crippen molar-refractivity contribution in [1.29, 1.82) is 0 Å². The monoisotopic (exact) mass is 314 g/mol. The summed E-state index contributed by atoms with van der Waals surface area (Å²) in [5, 5.41) is 12.5. The first kappa shape index (κ1) is 15.7. The van der Waals surface area contributed by atoms with Crippen molar-refractivity contribution in [1.82, 2.24) is 10.3 Å². The maximum atomic E-state index is 12.7. The van der Waals surface area contributed by atoms with E-state index in [1.54, 1.807) is 6.20 Å². The first-order valence-corrected chi connectivity index (χ1v) is 8.08. The van der Waals surface area contributed by atoms with Crippen molar-refractivity contribution in [3.05, 3.63) is 41.2 Å². The van der Waals surface area contributed by atoms with Gasteiger partial charge in [-0.3, -0.25) is 14.6 Å². The molecule has 1 aromatic heterocycles. The number of allylic oxidation sites excluding steroid dienone is 2. The smallest absolute Gasteiger partial charge is 0.307 e. The van der Waals surface area contributed by atoms with Gasteiger partial charge in [0.2, 0.25) is 5.91 Å². The Balaban J connectivity index is 1.79. The highest BCUT2D eigenvalue weighted by Crippen LogP contribution is 2.57. The number of nitrogens with zero attached hydrogens (tertiary/aromatic N) is 1. The highest BCUT2D eigenvalue weighted by Gasteiger charge is 2.57. The van der Waals surface area contributed by atoms with E-state index in [0.29, 0.717) is 6.54 Å². The van der Waals surface area contributed by atoms with Crippen LogP contribution in [0.2, 0.25) is 0 Å². The Labute approximate surface area is 135 Å². The lowest BCUT2D eigenvalue weighted by molar-refractivity contribution is -0.149. The number of carbonyl (C=O) groups is 2. The summed E-state index contributed by atoms with van der Waals surface area (Å²) in [6, 6.07) is 5.54. The number of hydrogen-bond acceptors (Lipinski definition) is 3. The zero-order valence-corrected chi connectivity index (χ0v) is 13.5.